The molecule has 0 saturated heterocycles. The van der Waals surface area contributed by atoms with Gasteiger partial charge in [0.05, 0.1) is 6.54 Å². The Morgan fingerprint density at radius 2 is 1.71 bits per heavy atom. The van der Waals surface area contributed by atoms with Gasteiger partial charge < -0.3 is 15.1 Å². The van der Waals surface area contributed by atoms with Gasteiger partial charge in [0.2, 0.25) is 5.91 Å². The van der Waals surface area contributed by atoms with Crippen LogP contribution in [-0.4, -0.2) is 44.5 Å². The molecule has 0 spiro atoms. The highest BCUT2D eigenvalue weighted by atomic mass is 19.1. The number of likely N-dealkylation sites (N-methyl/N-ethyl adjacent to an activating group) is 2. The number of halogens is 2. The van der Waals surface area contributed by atoms with Crippen LogP contribution >= 0.6 is 0 Å². The molecule has 0 unspecified atom stereocenters. The molecule has 0 aromatic heterocycles. The highest BCUT2D eigenvalue weighted by Gasteiger charge is 2.19. The van der Waals surface area contributed by atoms with Crippen LogP contribution in [-0.2, 0) is 11.3 Å². The first kappa shape index (κ1) is 17.4. The van der Waals surface area contributed by atoms with Crippen LogP contribution in [0.3, 0.4) is 0 Å². The number of hydrogen-bond acceptors (Lipinski definition) is 3. The number of rotatable bonds is 7. The van der Waals surface area contributed by atoms with E-state index in [-0.39, 0.29) is 18.1 Å². The van der Waals surface area contributed by atoms with Crippen LogP contribution in [0.25, 0.3) is 0 Å². The fourth-order valence-electron chi connectivity index (χ4n) is 2.25. The van der Waals surface area contributed by atoms with Gasteiger partial charge in [-0.25, -0.2) is 8.78 Å². The van der Waals surface area contributed by atoms with Crippen molar-refractivity contribution < 1.29 is 13.6 Å². The average molecular weight is 299 g/mol. The van der Waals surface area contributed by atoms with E-state index in [1.165, 1.54) is 24.1 Å². The van der Waals surface area contributed by atoms with E-state index >= 15 is 0 Å². The first-order valence-electron chi connectivity index (χ1n) is 7.05. The highest BCUT2D eigenvalue weighted by molar-refractivity contribution is 5.81. The molecular weight excluding hydrogens is 276 g/mol. The SMILES string of the molecule is CCN(CC)C(=O)CN(C)c1c(F)cc(CNC)cc1F. The molecule has 0 heterocycles. The quantitative estimate of drug-likeness (QED) is 0.836. The van der Waals surface area contributed by atoms with Gasteiger partial charge in [-0.1, -0.05) is 0 Å². The number of anilines is 1. The monoisotopic (exact) mass is 299 g/mol. The molecule has 0 bridgehead atoms. The number of carbonyl (C=O) groups is 1. The Labute approximate surface area is 124 Å². The molecular formula is C15H23F2N3O. The lowest BCUT2D eigenvalue weighted by molar-refractivity contribution is -0.129. The van der Waals surface area contributed by atoms with Crippen molar-refractivity contribution in [3.05, 3.63) is 29.3 Å². The predicted octanol–water partition coefficient (Wildman–Crippen LogP) is 1.99. The number of nitrogens with zero attached hydrogens (tertiary/aromatic N) is 2. The van der Waals surface area contributed by atoms with Crippen LogP contribution in [0.2, 0.25) is 0 Å². The summed E-state index contributed by atoms with van der Waals surface area (Å²) in [6, 6.07) is 2.57. The van der Waals surface area contributed by atoms with Crippen molar-refractivity contribution >= 4 is 11.6 Å². The molecule has 0 atom stereocenters. The van der Waals surface area contributed by atoms with E-state index in [1.807, 2.05) is 13.8 Å². The maximum absolute atomic E-state index is 14.1. The molecule has 1 aromatic carbocycles. The van der Waals surface area contributed by atoms with E-state index in [1.54, 1.807) is 11.9 Å². The van der Waals surface area contributed by atoms with Gasteiger partial charge in [0.15, 0.2) is 0 Å². The van der Waals surface area contributed by atoms with E-state index in [4.69, 9.17) is 0 Å². The van der Waals surface area contributed by atoms with Gasteiger partial charge in [-0.2, -0.15) is 0 Å². The summed E-state index contributed by atoms with van der Waals surface area (Å²) in [6.45, 7) is 5.23. The van der Waals surface area contributed by atoms with E-state index < -0.39 is 11.6 Å². The minimum atomic E-state index is -0.657. The summed E-state index contributed by atoms with van der Waals surface area (Å²) < 4.78 is 28.1. The number of benzene rings is 1. The standard InChI is InChI=1S/C15H23F2N3O/c1-5-20(6-2)14(21)10-19(4)15-12(16)7-11(9-18-3)8-13(15)17/h7-8,18H,5-6,9-10H2,1-4H3. The smallest absolute Gasteiger partial charge is 0.242 e. The zero-order chi connectivity index (χ0) is 16.0. The van der Waals surface area contributed by atoms with Crippen molar-refractivity contribution in [3.8, 4) is 0 Å². The normalized spacial score (nSPS) is 10.6. The fraction of sp³-hybridized carbons (Fsp3) is 0.533. The lowest BCUT2D eigenvalue weighted by Gasteiger charge is -2.25. The molecule has 0 aliphatic rings. The van der Waals surface area contributed by atoms with Crippen LogP contribution in [0.4, 0.5) is 14.5 Å². The number of hydrogen-bond donors (Lipinski definition) is 1. The summed E-state index contributed by atoms with van der Waals surface area (Å²) in [6.07, 6.45) is 0. The van der Waals surface area contributed by atoms with Gasteiger partial charge in [0, 0.05) is 26.7 Å². The van der Waals surface area contributed by atoms with Crippen molar-refractivity contribution in [3.63, 3.8) is 0 Å². The predicted molar refractivity (Wildman–Crippen MR) is 80.3 cm³/mol. The van der Waals surface area contributed by atoms with Gasteiger partial charge >= 0.3 is 0 Å². The zero-order valence-electron chi connectivity index (χ0n) is 13.0. The third-order valence-corrected chi connectivity index (χ3v) is 3.33. The van der Waals surface area contributed by atoms with E-state index in [2.05, 4.69) is 5.32 Å². The molecule has 6 heteroatoms. The average Bonchev–Trinajstić information content (AvgIpc) is 2.39. The first-order chi connectivity index (χ1) is 9.94. The summed E-state index contributed by atoms with van der Waals surface area (Å²) in [7, 11) is 3.22. The maximum atomic E-state index is 14.1. The maximum Gasteiger partial charge on any atom is 0.242 e. The second-order valence-corrected chi connectivity index (χ2v) is 4.86. The first-order valence-corrected chi connectivity index (χ1v) is 7.05. The van der Waals surface area contributed by atoms with Gasteiger partial charge in [-0.3, -0.25) is 4.79 Å². The van der Waals surface area contributed by atoms with Crippen LogP contribution in [0.1, 0.15) is 19.4 Å². The molecule has 1 amide bonds. The van der Waals surface area contributed by atoms with Crippen LogP contribution in [0.15, 0.2) is 12.1 Å². The topological polar surface area (TPSA) is 35.6 Å². The second-order valence-electron chi connectivity index (χ2n) is 4.86. The van der Waals surface area contributed by atoms with E-state index in [0.717, 1.165) is 0 Å². The van der Waals surface area contributed by atoms with Crippen LogP contribution in [0.5, 0.6) is 0 Å². The Morgan fingerprint density at radius 1 is 1.19 bits per heavy atom. The molecule has 0 aliphatic carbocycles. The summed E-state index contributed by atoms with van der Waals surface area (Å²) in [5.41, 5.74) is 0.357. The minimum Gasteiger partial charge on any atom is -0.361 e. The van der Waals surface area contributed by atoms with Crippen molar-refractivity contribution in [1.29, 1.82) is 0 Å². The molecule has 0 fully saturated rings. The van der Waals surface area contributed by atoms with Crippen LogP contribution < -0.4 is 10.2 Å². The minimum absolute atomic E-state index is 0.0547. The molecule has 0 saturated carbocycles. The molecule has 21 heavy (non-hydrogen) atoms. The zero-order valence-corrected chi connectivity index (χ0v) is 13.0. The Balaban J connectivity index is 2.92. The molecule has 4 nitrogen and oxygen atoms in total. The summed E-state index contributed by atoms with van der Waals surface area (Å²) in [5.74, 6) is -1.47. The number of amides is 1. The van der Waals surface area contributed by atoms with Gasteiger partial charge in [0.1, 0.15) is 17.3 Å². The van der Waals surface area contributed by atoms with Crippen molar-refractivity contribution in [2.45, 2.75) is 20.4 Å². The lowest BCUT2D eigenvalue weighted by Crippen LogP contribution is -2.39. The number of nitrogens with one attached hydrogen (secondary N) is 1. The van der Waals surface area contributed by atoms with Crippen molar-refractivity contribution in [1.82, 2.24) is 10.2 Å². The van der Waals surface area contributed by atoms with Gasteiger partial charge in [-0.05, 0) is 38.6 Å². The van der Waals surface area contributed by atoms with Crippen molar-refractivity contribution in [2.75, 3.05) is 38.6 Å². The molecule has 1 aromatic rings. The van der Waals surface area contributed by atoms with E-state index in [9.17, 15) is 13.6 Å². The van der Waals surface area contributed by atoms with Gasteiger partial charge in [0.25, 0.3) is 0 Å². The largest absolute Gasteiger partial charge is 0.361 e. The summed E-state index contributed by atoms with van der Waals surface area (Å²) >= 11 is 0. The second kappa shape index (κ2) is 7.93. The molecule has 118 valence electrons. The lowest BCUT2D eigenvalue weighted by atomic mass is 10.1. The Bertz CT molecular complexity index is 467. The Morgan fingerprint density at radius 3 is 2.14 bits per heavy atom. The molecule has 0 aliphatic heterocycles. The molecule has 1 rings (SSSR count). The van der Waals surface area contributed by atoms with Gasteiger partial charge in [-0.15, -0.1) is 0 Å². The Kier molecular flexibility index (Phi) is 6.55. The number of carbonyl (C=O) groups excluding carboxylic acids is 1. The third-order valence-electron chi connectivity index (χ3n) is 3.33. The highest BCUT2D eigenvalue weighted by Crippen LogP contribution is 2.24. The molecule has 1 N–H and O–H groups in total. The molecule has 0 radical (unpaired) electrons. The van der Waals surface area contributed by atoms with Crippen molar-refractivity contribution in [2.24, 2.45) is 0 Å². The third kappa shape index (κ3) is 4.39. The van der Waals surface area contributed by atoms with E-state index in [0.29, 0.717) is 25.2 Å². The summed E-state index contributed by atoms with van der Waals surface area (Å²) in [5, 5.41) is 2.84. The Hall–Kier alpha value is -1.69. The fourth-order valence-corrected chi connectivity index (χ4v) is 2.25. The summed E-state index contributed by atoms with van der Waals surface area (Å²) in [4.78, 5) is 15.0. The van der Waals surface area contributed by atoms with Crippen LogP contribution in [0, 0.1) is 11.6 Å².